The average molecular weight is 481 g/mol. The molecule has 0 saturated carbocycles. The molecule has 0 fully saturated rings. The zero-order chi connectivity index (χ0) is 20.1. The first kappa shape index (κ1) is 24.7. The third-order valence-electron chi connectivity index (χ3n) is 5.84. The van der Waals surface area contributed by atoms with Gasteiger partial charge >= 0.3 is 173 Å². The summed E-state index contributed by atoms with van der Waals surface area (Å²) in [6, 6.07) is 4.78. The molecule has 0 radical (unpaired) electrons. The molecule has 0 saturated heterocycles. The number of hydrogen-bond acceptors (Lipinski definition) is 2. The molecule has 1 aromatic rings. The minimum absolute atomic E-state index is 0.639. The van der Waals surface area contributed by atoms with Crippen molar-refractivity contribution in [3.05, 3.63) is 35.4 Å². The molecule has 2 nitrogen and oxygen atoms in total. The summed E-state index contributed by atoms with van der Waals surface area (Å²) in [6.45, 7) is 12.5. The quantitative estimate of drug-likeness (QED) is 0.260. The van der Waals surface area contributed by atoms with E-state index >= 15 is 0 Å². The van der Waals surface area contributed by atoms with Crippen LogP contribution in [0.2, 0.25) is 13.3 Å². The summed E-state index contributed by atoms with van der Waals surface area (Å²) < 4.78 is 17.3. The average Bonchev–Trinajstić information content (AvgIpc) is 2.69. The molecular weight excluding hydrogens is 439 g/mol. The predicted molar refractivity (Wildman–Crippen MR) is 122 cm³/mol. The van der Waals surface area contributed by atoms with Crippen molar-refractivity contribution in [1.29, 1.82) is 0 Å². The molecule has 0 aliphatic carbocycles. The molecule has 0 unspecified atom stereocenters. The van der Waals surface area contributed by atoms with Crippen molar-refractivity contribution in [3.63, 3.8) is 0 Å². The molecule has 3 heteroatoms. The van der Waals surface area contributed by atoms with E-state index in [0.717, 1.165) is 0 Å². The van der Waals surface area contributed by atoms with E-state index in [4.69, 9.17) is 9.47 Å². The second-order valence-corrected chi connectivity index (χ2v) is 21.0. The molecule has 154 valence electrons. The van der Waals surface area contributed by atoms with Crippen LogP contribution in [0.3, 0.4) is 0 Å². The fourth-order valence-electron chi connectivity index (χ4n) is 4.37. The maximum atomic E-state index is 5.70. The van der Waals surface area contributed by atoms with Gasteiger partial charge in [0.25, 0.3) is 0 Å². The van der Waals surface area contributed by atoms with Gasteiger partial charge in [-0.25, -0.2) is 0 Å². The summed E-state index contributed by atoms with van der Waals surface area (Å²) in [5.41, 5.74) is 3.92. The van der Waals surface area contributed by atoms with Gasteiger partial charge in [0, 0.05) is 0 Å². The number of rotatable bonds is 15. The Morgan fingerprint density at radius 1 is 0.852 bits per heavy atom. The van der Waals surface area contributed by atoms with E-state index in [1.165, 1.54) is 68.5 Å². The fraction of sp³-hybridized carbons (Fsp3) is 0.667. The van der Waals surface area contributed by atoms with E-state index in [2.05, 4.69) is 39.5 Å². The fourth-order valence-corrected chi connectivity index (χ4v) is 21.3. The normalized spacial score (nSPS) is 11.7. The van der Waals surface area contributed by atoms with Gasteiger partial charge in [-0.05, 0) is 0 Å². The molecule has 0 heterocycles. The molecule has 0 spiro atoms. The third-order valence-corrected chi connectivity index (χ3v) is 21.7. The summed E-state index contributed by atoms with van der Waals surface area (Å²) in [5, 5.41) is 0. The Hall–Kier alpha value is -0.321. The van der Waals surface area contributed by atoms with Gasteiger partial charge in [-0.1, -0.05) is 0 Å². The number of unbranched alkanes of at least 4 members (excludes halogenated alkanes) is 3. The van der Waals surface area contributed by atoms with Gasteiger partial charge in [-0.15, -0.1) is 0 Å². The van der Waals surface area contributed by atoms with Crippen molar-refractivity contribution in [2.75, 3.05) is 14.2 Å². The van der Waals surface area contributed by atoms with Gasteiger partial charge in [0.1, 0.15) is 0 Å². The van der Waals surface area contributed by atoms with Crippen LogP contribution in [0.4, 0.5) is 0 Å². The molecule has 0 bridgehead atoms. The van der Waals surface area contributed by atoms with Crippen LogP contribution in [0.5, 0.6) is 0 Å². The van der Waals surface area contributed by atoms with Crippen molar-refractivity contribution in [2.45, 2.75) is 85.8 Å². The van der Waals surface area contributed by atoms with Gasteiger partial charge in [0.15, 0.2) is 0 Å². The molecule has 1 aromatic carbocycles. The Balaban J connectivity index is 3.57. The van der Waals surface area contributed by atoms with Crippen LogP contribution >= 0.6 is 0 Å². The zero-order valence-corrected chi connectivity index (χ0v) is 21.4. The Labute approximate surface area is 172 Å². The van der Waals surface area contributed by atoms with E-state index in [0.29, 0.717) is 13.2 Å². The second kappa shape index (κ2) is 13.8. The molecule has 1 rings (SSSR count). The maximum absolute atomic E-state index is 5.70. The molecule has 0 aliphatic rings. The molecule has 27 heavy (non-hydrogen) atoms. The minimum atomic E-state index is -2.51. The Morgan fingerprint density at radius 2 is 1.37 bits per heavy atom. The summed E-state index contributed by atoms with van der Waals surface area (Å²) >= 11 is -2.51. The Morgan fingerprint density at radius 3 is 1.78 bits per heavy atom. The molecule has 0 aromatic heterocycles. The standard InChI is InChI=1S/C12H15O2.3C4H9.Sn/c1-4-12-10(8-13-2)6-5-7-11(12)9-14-3;3*1-3-4-2;/h4-6H,1,8-9H2,2-3H3;3*1,3-4H2,2H3;. The first-order chi connectivity index (χ1) is 13.1. The van der Waals surface area contributed by atoms with Crippen LogP contribution in [-0.4, -0.2) is 32.6 Å². The van der Waals surface area contributed by atoms with Crippen LogP contribution in [0.1, 0.15) is 76.0 Å². The van der Waals surface area contributed by atoms with Crippen LogP contribution in [0.25, 0.3) is 6.08 Å². The topological polar surface area (TPSA) is 18.5 Å². The first-order valence-electron chi connectivity index (χ1n) is 10.9. The van der Waals surface area contributed by atoms with E-state index in [1.807, 2.05) is 13.2 Å². The number of benzene rings is 1. The molecule has 0 aliphatic heterocycles. The van der Waals surface area contributed by atoms with E-state index in [9.17, 15) is 0 Å². The molecular formula is C24H42O2Sn. The van der Waals surface area contributed by atoms with Gasteiger partial charge < -0.3 is 0 Å². The SMILES string of the molecule is C=Cc1c(COC)cc[c]([Sn]([CH2]CCC)([CH2]CCC)[CH2]CCC)c1COC. The van der Waals surface area contributed by atoms with Crippen LogP contribution < -0.4 is 3.58 Å². The Bertz CT molecular complexity index is 532. The summed E-state index contributed by atoms with van der Waals surface area (Å²) in [4.78, 5) is 0. The molecule has 0 amide bonds. The zero-order valence-electron chi connectivity index (χ0n) is 18.5. The monoisotopic (exact) mass is 482 g/mol. The van der Waals surface area contributed by atoms with E-state index in [1.54, 1.807) is 10.7 Å². The summed E-state index contributed by atoms with van der Waals surface area (Å²) in [7, 11) is 3.59. The second-order valence-electron chi connectivity index (χ2n) is 7.83. The van der Waals surface area contributed by atoms with E-state index < -0.39 is 18.4 Å². The van der Waals surface area contributed by atoms with Crippen molar-refractivity contribution in [2.24, 2.45) is 0 Å². The van der Waals surface area contributed by atoms with Crippen LogP contribution in [0, 0.1) is 0 Å². The van der Waals surface area contributed by atoms with Gasteiger partial charge in [-0.2, -0.15) is 0 Å². The number of methoxy groups -OCH3 is 2. The van der Waals surface area contributed by atoms with E-state index in [-0.39, 0.29) is 0 Å². The van der Waals surface area contributed by atoms with Gasteiger partial charge in [0.2, 0.25) is 0 Å². The van der Waals surface area contributed by atoms with Gasteiger partial charge in [-0.3, -0.25) is 0 Å². The van der Waals surface area contributed by atoms with Crippen molar-refractivity contribution < 1.29 is 9.47 Å². The van der Waals surface area contributed by atoms with Crippen molar-refractivity contribution in [3.8, 4) is 0 Å². The summed E-state index contributed by atoms with van der Waals surface area (Å²) in [5.74, 6) is 0. The summed E-state index contributed by atoms with van der Waals surface area (Å²) in [6.07, 6.45) is 10.0. The first-order valence-corrected chi connectivity index (χ1v) is 18.4. The van der Waals surface area contributed by atoms with Crippen LogP contribution in [-0.2, 0) is 22.7 Å². The van der Waals surface area contributed by atoms with Crippen molar-refractivity contribution in [1.82, 2.24) is 0 Å². The third kappa shape index (κ3) is 6.90. The molecule has 0 N–H and O–H groups in total. The van der Waals surface area contributed by atoms with Crippen LogP contribution in [0.15, 0.2) is 18.7 Å². The molecule has 0 atom stereocenters. The Kier molecular flexibility index (Phi) is 12.6. The van der Waals surface area contributed by atoms with Gasteiger partial charge in [0.05, 0.1) is 0 Å². The predicted octanol–water partition coefficient (Wildman–Crippen LogP) is 6.68. The number of ether oxygens (including phenoxy) is 2. The number of hydrogen-bond donors (Lipinski definition) is 0. The van der Waals surface area contributed by atoms with Crippen molar-refractivity contribution >= 4 is 28.0 Å².